The van der Waals surface area contributed by atoms with Crippen LogP contribution in [0.1, 0.15) is 78.3 Å². The smallest absolute Gasteiger partial charge is 0.253 e. The zero-order valence-electron chi connectivity index (χ0n) is 18.0. The van der Waals surface area contributed by atoms with Crippen molar-refractivity contribution >= 4 is 5.91 Å². The van der Waals surface area contributed by atoms with Gasteiger partial charge in [-0.25, -0.2) is 0 Å². The van der Waals surface area contributed by atoms with Crippen LogP contribution in [0.5, 0.6) is 0 Å². The molecule has 0 atom stereocenters. The van der Waals surface area contributed by atoms with Gasteiger partial charge in [-0.1, -0.05) is 49.6 Å². The molecular formula is C25H35N3O. The third-order valence-electron chi connectivity index (χ3n) is 6.84. The first kappa shape index (κ1) is 20.2. The van der Waals surface area contributed by atoms with E-state index in [9.17, 15) is 4.79 Å². The topological polar surface area (TPSA) is 37.3 Å². The van der Waals surface area contributed by atoms with Crippen molar-refractivity contribution in [3.8, 4) is 0 Å². The van der Waals surface area contributed by atoms with Gasteiger partial charge >= 0.3 is 0 Å². The number of nitrogens with one attached hydrogen (secondary N) is 1. The summed E-state index contributed by atoms with van der Waals surface area (Å²) in [6.45, 7) is 7.37. The number of nitrogens with zero attached hydrogens (tertiary/aromatic N) is 2. The number of carbonyl (C=O) groups excluding carboxylic acids is 1. The van der Waals surface area contributed by atoms with Gasteiger partial charge in [-0.3, -0.25) is 9.69 Å². The second-order valence-electron chi connectivity index (χ2n) is 8.96. The van der Waals surface area contributed by atoms with Gasteiger partial charge in [-0.2, -0.15) is 0 Å². The van der Waals surface area contributed by atoms with Gasteiger partial charge in [0.15, 0.2) is 0 Å². The maximum absolute atomic E-state index is 13.0. The fourth-order valence-corrected chi connectivity index (χ4v) is 5.25. The van der Waals surface area contributed by atoms with Crippen molar-refractivity contribution in [1.82, 2.24) is 14.8 Å². The van der Waals surface area contributed by atoms with Crippen LogP contribution in [0.3, 0.4) is 0 Å². The molecule has 1 aromatic carbocycles. The summed E-state index contributed by atoms with van der Waals surface area (Å²) in [7, 11) is 0. The van der Waals surface area contributed by atoms with Crippen LogP contribution in [-0.2, 0) is 6.54 Å². The van der Waals surface area contributed by atoms with Crippen molar-refractivity contribution in [3.63, 3.8) is 0 Å². The van der Waals surface area contributed by atoms with E-state index in [-0.39, 0.29) is 11.9 Å². The summed E-state index contributed by atoms with van der Waals surface area (Å²) in [5, 5.41) is 3.32. The lowest BCUT2D eigenvalue weighted by Gasteiger charge is -2.32. The molecule has 1 saturated heterocycles. The fourth-order valence-electron chi connectivity index (χ4n) is 5.25. The summed E-state index contributed by atoms with van der Waals surface area (Å²) < 4.78 is 2.43. The molecule has 4 heteroatoms. The Bertz CT molecular complexity index is 812. The molecule has 2 heterocycles. The first-order valence-corrected chi connectivity index (χ1v) is 11.4. The van der Waals surface area contributed by atoms with E-state index < -0.39 is 0 Å². The molecule has 1 amide bonds. The van der Waals surface area contributed by atoms with E-state index in [4.69, 9.17) is 0 Å². The number of aryl methyl sites for hydroxylation is 1. The number of hydrogen-bond donors (Lipinski definition) is 1. The van der Waals surface area contributed by atoms with Crippen LogP contribution < -0.4 is 5.32 Å². The minimum Gasteiger partial charge on any atom is -0.349 e. The van der Waals surface area contributed by atoms with E-state index in [0.29, 0.717) is 6.04 Å². The molecule has 2 aromatic rings. The van der Waals surface area contributed by atoms with E-state index in [0.717, 1.165) is 43.7 Å². The van der Waals surface area contributed by atoms with Crippen LogP contribution in [-0.4, -0.2) is 34.5 Å². The number of hydrogen-bond acceptors (Lipinski definition) is 2. The third kappa shape index (κ3) is 4.75. The number of likely N-dealkylation sites (tertiary alicyclic amines) is 1. The normalized spacial score (nSPS) is 19.4. The van der Waals surface area contributed by atoms with Gasteiger partial charge in [-0.05, 0) is 51.2 Å². The average Bonchev–Trinajstić information content (AvgIpc) is 3.05. The van der Waals surface area contributed by atoms with E-state index in [1.165, 1.54) is 43.4 Å². The molecular weight excluding hydrogens is 358 g/mol. The quantitative estimate of drug-likeness (QED) is 0.776. The molecule has 0 unspecified atom stereocenters. The lowest BCUT2D eigenvalue weighted by molar-refractivity contribution is 0.0908. The molecule has 29 heavy (non-hydrogen) atoms. The highest BCUT2D eigenvalue weighted by Gasteiger charge is 2.25. The van der Waals surface area contributed by atoms with Gasteiger partial charge in [0.05, 0.1) is 5.56 Å². The van der Waals surface area contributed by atoms with Crippen LogP contribution in [0.4, 0.5) is 0 Å². The molecule has 1 aliphatic heterocycles. The minimum absolute atomic E-state index is 0.113. The van der Waals surface area contributed by atoms with Crippen molar-refractivity contribution < 1.29 is 4.79 Å². The zero-order chi connectivity index (χ0) is 20.2. The predicted octanol–water partition coefficient (Wildman–Crippen LogP) is 5.00. The Morgan fingerprint density at radius 3 is 2.38 bits per heavy atom. The minimum atomic E-state index is 0.113. The fraction of sp³-hybridized carbons (Fsp3) is 0.560. The van der Waals surface area contributed by atoms with Gasteiger partial charge in [0.2, 0.25) is 0 Å². The largest absolute Gasteiger partial charge is 0.349 e. The highest BCUT2D eigenvalue weighted by atomic mass is 16.1. The van der Waals surface area contributed by atoms with E-state index in [1.54, 1.807) is 0 Å². The van der Waals surface area contributed by atoms with Crippen LogP contribution in [0.2, 0.25) is 0 Å². The van der Waals surface area contributed by atoms with Gasteiger partial charge in [0.1, 0.15) is 0 Å². The Balaban J connectivity index is 1.33. The van der Waals surface area contributed by atoms with Gasteiger partial charge in [0.25, 0.3) is 5.91 Å². The Labute approximate surface area is 175 Å². The summed E-state index contributed by atoms with van der Waals surface area (Å²) in [5.41, 5.74) is 4.62. The summed E-state index contributed by atoms with van der Waals surface area (Å²) in [4.78, 5) is 15.5. The maximum atomic E-state index is 13.0. The van der Waals surface area contributed by atoms with Gasteiger partial charge in [0, 0.05) is 43.1 Å². The monoisotopic (exact) mass is 393 g/mol. The number of carbonyl (C=O) groups is 1. The predicted molar refractivity (Wildman–Crippen MR) is 118 cm³/mol. The van der Waals surface area contributed by atoms with E-state index in [1.807, 2.05) is 0 Å². The molecule has 0 bridgehead atoms. The molecule has 4 nitrogen and oxygen atoms in total. The Morgan fingerprint density at radius 2 is 1.69 bits per heavy atom. The van der Waals surface area contributed by atoms with Crippen LogP contribution >= 0.6 is 0 Å². The van der Waals surface area contributed by atoms with Crippen molar-refractivity contribution in [2.24, 2.45) is 0 Å². The molecule has 1 N–H and O–H groups in total. The van der Waals surface area contributed by atoms with Crippen molar-refractivity contribution in [1.29, 1.82) is 0 Å². The first-order chi connectivity index (χ1) is 14.1. The van der Waals surface area contributed by atoms with Crippen molar-refractivity contribution in [2.75, 3.05) is 13.1 Å². The molecule has 1 aromatic heterocycles. The van der Waals surface area contributed by atoms with E-state index in [2.05, 4.69) is 65.0 Å². The number of benzene rings is 1. The van der Waals surface area contributed by atoms with Crippen molar-refractivity contribution in [3.05, 3.63) is 58.9 Å². The molecule has 0 spiro atoms. The van der Waals surface area contributed by atoms with Crippen LogP contribution in [0.25, 0.3) is 0 Å². The molecule has 0 radical (unpaired) electrons. The molecule has 2 aliphatic rings. The van der Waals surface area contributed by atoms with Crippen LogP contribution in [0.15, 0.2) is 36.4 Å². The highest BCUT2D eigenvalue weighted by Crippen LogP contribution is 2.32. The summed E-state index contributed by atoms with van der Waals surface area (Å²) in [5.74, 6) is 0.113. The summed E-state index contributed by atoms with van der Waals surface area (Å²) in [6.07, 6.45) is 8.52. The molecule has 156 valence electrons. The number of piperidine rings is 1. The van der Waals surface area contributed by atoms with Crippen molar-refractivity contribution in [2.45, 2.75) is 77.4 Å². The van der Waals surface area contributed by atoms with Gasteiger partial charge < -0.3 is 9.88 Å². The Kier molecular flexibility index (Phi) is 6.39. The Morgan fingerprint density at radius 1 is 1.00 bits per heavy atom. The molecule has 2 fully saturated rings. The maximum Gasteiger partial charge on any atom is 0.253 e. The number of aromatic nitrogens is 1. The second-order valence-corrected chi connectivity index (χ2v) is 8.96. The first-order valence-electron chi connectivity index (χ1n) is 11.4. The summed E-state index contributed by atoms with van der Waals surface area (Å²) in [6, 6.07) is 13.6. The zero-order valence-corrected chi connectivity index (χ0v) is 18.0. The lowest BCUT2D eigenvalue weighted by atomic mass is 9.95. The Hall–Kier alpha value is -2.07. The average molecular weight is 394 g/mol. The third-order valence-corrected chi connectivity index (χ3v) is 6.84. The number of amides is 1. The summed E-state index contributed by atoms with van der Waals surface area (Å²) >= 11 is 0. The number of rotatable bonds is 5. The van der Waals surface area contributed by atoms with Gasteiger partial charge in [-0.15, -0.1) is 0 Å². The second kappa shape index (κ2) is 9.17. The molecule has 1 saturated carbocycles. The highest BCUT2D eigenvalue weighted by molar-refractivity contribution is 5.95. The standard InChI is InChI=1S/C25H35N3O/c1-19-17-24(20(2)28(19)23-11-7-4-8-12-23)25(29)26-22-13-15-27(16-14-22)18-21-9-5-3-6-10-21/h3,5-6,9-10,17,22-23H,4,7-8,11-16,18H2,1-2H3,(H,26,29). The SMILES string of the molecule is Cc1cc(C(=O)NC2CCN(Cc3ccccc3)CC2)c(C)n1C1CCCCC1. The van der Waals surface area contributed by atoms with E-state index >= 15 is 0 Å². The lowest BCUT2D eigenvalue weighted by Crippen LogP contribution is -2.44. The molecule has 1 aliphatic carbocycles. The van der Waals surface area contributed by atoms with Crippen LogP contribution in [0, 0.1) is 13.8 Å². The molecule has 4 rings (SSSR count).